The van der Waals surface area contributed by atoms with Crippen LogP contribution in [-0.4, -0.2) is 31.5 Å². The van der Waals surface area contributed by atoms with Gasteiger partial charge in [0.25, 0.3) is 0 Å². The van der Waals surface area contributed by atoms with Gasteiger partial charge in [-0.25, -0.2) is 0 Å². The van der Waals surface area contributed by atoms with Crippen molar-refractivity contribution in [1.29, 1.82) is 0 Å². The summed E-state index contributed by atoms with van der Waals surface area (Å²) in [5.41, 5.74) is 2.04. The Morgan fingerprint density at radius 1 is 1.35 bits per heavy atom. The summed E-state index contributed by atoms with van der Waals surface area (Å²) in [7, 11) is 0. The highest BCUT2D eigenvalue weighted by molar-refractivity contribution is 5.56. The first-order valence-corrected chi connectivity index (χ1v) is 8.02. The third-order valence-corrected chi connectivity index (χ3v) is 4.23. The molecule has 0 bridgehead atoms. The zero-order valence-electron chi connectivity index (χ0n) is 13.2. The van der Waals surface area contributed by atoms with Crippen LogP contribution < -0.4 is 5.32 Å². The molecule has 0 saturated heterocycles. The number of fused-ring (bicyclic) bond motifs is 1. The molecule has 23 heavy (non-hydrogen) atoms. The van der Waals surface area contributed by atoms with E-state index in [0.29, 0.717) is 0 Å². The molecule has 0 spiro atoms. The van der Waals surface area contributed by atoms with Gasteiger partial charge < -0.3 is 14.3 Å². The van der Waals surface area contributed by atoms with Crippen molar-refractivity contribution in [3.8, 4) is 11.5 Å². The van der Waals surface area contributed by atoms with Crippen molar-refractivity contribution in [2.24, 2.45) is 0 Å². The van der Waals surface area contributed by atoms with Gasteiger partial charge in [0.05, 0.1) is 6.20 Å². The Balaban J connectivity index is 1.34. The van der Waals surface area contributed by atoms with Gasteiger partial charge in [0.15, 0.2) is 5.76 Å². The lowest BCUT2D eigenvalue weighted by atomic mass is 10.2. The highest BCUT2D eigenvalue weighted by Crippen LogP contribution is 2.23. The molecule has 0 saturated carbocycles. The first-order chi connectivity index (χ1) is 11.3. The summed E-state index contributed by atoms with van der Waals surface area (Å²) in [5.74, 6) is 3.94. The average Bonchev–Trinajstić information content (AvgIpc) is 3.29. The van der Waals surface area contributed by atoms with E-state index in [1.807, 2.05) is 25.3 Å². The van der Waals surface area contributed by atoms with E-state index in [4.69, 9.17) is 4.42 Å². The molecule has 1 aliphatic heterocycles. The lowest BCUT2D eigenvalue weighted by Gasteiger charge is -2.05. The molecule has 4 rings (SSSR count). The van der Waals surface area contributed by atoms with Crippen LogP contribution in [0.3, 0.4) is 0 Å². The van der Waals surface area contributed by atoms with E-state index in [-0.39, 0.29) is 0 Å². The summed E-state index contributed by atoms with van der Waals surface area (Å²) >= 11 is 0. The van der Waals surface area contributed by atoms with E-state index in [1.165, 1.54) is 6.42 Å². The largest absolute Gasteiger partial charge is 0.460 e. The predicted octanol–water partition coefficient (Wildman–Crippen LogP) is 1.85. The molecule has 2 N–H and O–H groups in total. The van der Waals surface area contributed by atoms with Gasteiger partial charge >= 0.3 is 0 Å². The van der Waals surface area contributed by atoms with Crippen molar-refractivity contribution in [2.45, 2.75) is 39.3 Å². The topological polar surface area (TPSA) is 84.6 Å². The number of hydrogen-bond donors (Lipinski definition) is 2. The normalized spacial score (nSPS) is 13.6. The molecule has 0 aromatic carbocycles. The Kier molecular flexibility index (Phi) is 3.70. The molecule has 0 unspecified atom stereocenters. The summed E-state index contributed by atoms with van der Waals surface area (Å²) in [6.45, 7) is 4.60. The van der Waals surface area contributed by atoms with Crippen molar-refractivity contribution >= 4 is 0 Å². The molecular weight excluding hydrogens is 292 g/mol. The summed E-state index contributed by atoms with van der Waals surface area (Å²) in [6.07, 6.45) is 4.97. The minimum atomic E-state index is 0.743. The number of nitrogens with one attached hydrogen (secondary N) is 2. The maximum Gasteiger partial charge on any atom is 0.152 e. The second-order valence-electron chi connectivity index (χ2n) is 5.89. The zero-order chi connectivity index (χ0) is 15.6. The van der Waals surface area contributed by atoms with E-state index in [1.54, 1.807) is 0 Å². The summed E-state index contributed by atoms with van der Waals surface area (Å²) in [4.78, 5) is 0. The second-order valence-corrected chi connectivity index (χ2v) is 5.89. The number of nitrogens with zero attached hydrogens (tertiary/aromatic N) is 4. The minimum absolute atomic E-state index is 0.743. The number of furan rings is 1. The standard InChI is InChI=1S/C16H20N6O/c1-11-4-5-13(23-11)16-12(10-18-21-16)9-17-7-6-15-20-19-14-3-2-8-22(14)15/h4-5,10,17H,2-3,6-9H2,1H3,(H,18,21). The first kappa shape index (κ1) is 14.2. The lowest BCUT2D eigenvalue weighted by Crippen LogP contribution is -2.18. The van der Waals surface area contributed by atoms with E-state index in [2.05, 4.69) is 30.3 Å². The fourth-order valence-electron chi connectivity index (χ4n) is 3.05. The second kappa shape index (κ2) is 6.00. The molecule has 0 aliphatic carbocycles. The molecule has 0 atom stereocenters. The summed E-state index contributed by atoms with van der Waals surface area (Å²) in [5, 5.41) is 19.1. The number of H-pyrrole nitrogens is 1. The Morgan fingerprint density at radius 3 is 3.17 bits per heavy atom. The summed E-state index contributed by atoms with van der Waals surface area (Å²) in [6, 6.07) is 3.92. The van der Waals surface area contributed by atoms with Crippen LogP contribution in [0.4, 0.5) is 0 Å². The molecule has 3 aromatic heterocycles. The van der Waals surface area contributed by atoms with Gasteiger partial charge in [-0.3, -0.25) is 5.10 Å². The molecule has 7 nitrogen and oxygen atoms in total. The fraction of sp³-hybridized carbons (Fsp3) is 0.438. The van der Waals surface area contributed by atoms with E-state index < -0.39 is 0 Å². The number of aromatic nitrogens is 5. The maximum absolute atomic E-state index is 5.66. The Hall–Kier alpha value is -2.41. The quantitative estimate of drug-likeness (QED) is 0.679. The van der Waals surface area contributed by atoms with Crippen LogP contribution in [0.5, 0.6) is 0 Å². The van der Waals surface area contributed by atoms with Gasteiger partial charge in [0.2, 0.25) is 0 Å². The first-order valence-electron chi connectivity index (χ1n) is 8.02. The molecular formula is C16H20N6O. The highest BCUT2D eigenvalue weighted by Gasteiger charge is 2.16. The van der Waals surface area contributed by atoms with Gasteiger partial charge in [0.1, 0.15) is 23.1 Å². The van der Waals surface area contributed by atoms with Gasteiger partial charge in [-0.05, 0) is 25.5 Å². The van der Waals surface area contributed by atoms with Crippen LogP contribution in [0.15, 0.2) is 22.7 Å². The van der Waals surface area contributed by atoms with Gasteiger partial charge in [-0.2, -0.15) is 5.10 Å². The number of aromatic amines is 1. The van der Waals surface area contributed by atoms with Crippen molar-refractivity contribution in [3.05, 3.63) is 41.3 Å². The molecule has 0 amide bonds. The fourth-order valence-corrected chi connectivity index (χ4v) is 3.05. The van der Waals surface area contributed by atoms with Crippen molar-refractivity contribution < 1.29 is 4.42 Å². The van der Waals surface area contributed by atoms with Crippen LogP contribution in [-0.2, 0) is 25.9 Å². The lowest BCUT2D eigenvalue weighted by molar-refractivity contribution is 0.545. The average molecular weight is 312 g/mol. The highest BCUT2D eigenvalue weighted by atomic mass is 16.3. The number of rotatable bonds is 6. The SMILES string of the molecule is Cc1ccc(-c2[nH]ncc2CNCCc2nnc3n2CCC3)o1. The molecule has 0 fully saturated rings. The molecule has 0 radical (unpaired) electrons. The van der Waals surface area contributed by atoms with Crippen LogP contribution in [0.25, 0.3) is 11.5 Å². The van der Waals surface area contributed by atoms with E-state index >= 15 is 0 Å². The molecule has 4 heterocycles. The maximum atomic E-state index is 5.66. The monoisotopic (exact) mass is 312 g/mol. The zero-order valence-corrected chi connectivity index (χ0v) is 13.2. The molecule has 1 aliphatic rings. The third-order valence-electron chi connectivity index (χ3n) is 4.23. The Labute approximate surface area is 134 Å². The van der Waals surface area contributed by atoms with Crippen LogP contribution in [0.1, 0.15) is 29.4 Å². The number of hydrogen-bond acceptors (Lipinski definition) is 5. The predicted molar refractivity (Wildman–Crippen MR) is 84.8 cm³/mol. The van der Waals surface area contributed by atoms with Crippen LogP contribution in [0, 0.1) is 6.92 Å². The molecule has 7 heteroatoms. The van der Waals surface area contributed by atoms with Gasteiger partial charge in [-0.15, -0.1) is 10.2 Å². The third kappa shape index (κ3) is 2.79. The minimum Gasteiger partial charge on any atom is -0.460 e. The Morgan fingerprint density at radius 2 is 2.30 bits per heavy atom. The number of aryl methyl sites for hydroxylation is 2. The van der Waals surface area contributed by atoms with Gasteiger partial charge in [0, 0.05) is 38.0 Å². The van der Waals surface area contributed by atoms with Crippen molar-refractivity contribution in [2.75, 3.05) is 6.54 Å². The van der Waals surface area contributed by atoms with Crippen molar-refractivity contribution in [3.63, 3.8) is 0 Å². The van der Waals surface area contributed by atoms with Crippen molar-refractivity contribution in [1.82, 2.24) is 30.3 Å². The van der Waals surface area contributed by atoms with Crippen LogP contribution >= 0.6 is 0 Å². The smallest absolute Gasteiger partial charge is 0.152 e. The summed E-state index contributed by atoms with van der Waals surface area (Å²) < 4.78 is 7.91. The van der Waals surface area contributed by atoms with Crippen LogP contribution in [0.2, 0.25) is 0 Å². The van der Waals surface area contributed by atoms with Gasteiger partial charge in [-0.1, -0.05) is 0 Å². The van der Waals surface area contributed by atoms with E-state index in [9.17, 15) is 0 Å². The Bertz CT molecular complexity index is 799. The van der Waals surface area contributed by atoms with E-state index in [0.717, 1.165) is 66.9 Å². The molecule has 120 valence electrons. The molecule has 3 aromatic rings.